The molecule has 5 rings (SSSR count). The van der Waals surface area contributed by atoms with Crippen LogP contribution in [0, 0.1) is 0 Å². The summed E-state index contributed by atoms with van der Waals surface area (Å²) in [5.74, 6) is 0.0227. The van der Waals surface area contributed by atoms with Crippen molar-refractivity contribution >= 4 is 5.91 Å². The number of para-hydroxylation sites is 1. The minimum atomic E-state index is -4.83. The molecule has 3 aromatic rings. The van der Waals surface area contributed by atoms with Gasteiger partial charge in [-0.2, -0.15) is 5.10 Å². The minimum Gasteiger partial charge on any atom is -0.496 e. The lowest BCUT2D eigenvalue weighted by molar-refractivity contribution is -0.274. The monoisotopic (exact) mass is 473 g/mol. The van der Waals surface area contributed by atoms with Gasteiger partial charge in [0.15, 0.2) is 0 Å². The summed E-state index contributed by atoms with van der Waals surface area (Å²) in [5.41, 5.74) is 2.54. The van der Waals surface area contributed by atoms with Crippen LogP contribution in [0.2, 0.25) is 0 Å². The Morgan fingerprint density at radius 2 is 1.88 bits per heavy atom. The summed E-state index contributed by atoms with van der Waals surface area (Å²) in [6.07, 6.45) is -1.92. The van der Waals surface area contributed by atoms with Gasteiger partial charge in [-0.15, -0.1) is 13.2 Å². The van der Waals surface area contributed by atoms with Crippen molar-refractivity contribution in [2.24, 2.45) is 7.05 Å². The molecule has 34 heavy (non-hydrogen) atoms. The quantitative estimate of drug-likeness (QED) is 0.560. The molecule has 2 aliphatic heterocycles. The Balaban J connectivity index is 1.37. The van der Waals surface area contributed by atoms with E-state index in [1.54, 1.807) is 4.90 Å². The first-order valence-corrected chi connectivity index (χ1v) is 10.7. The van der Waals surface area contributed by atoms with E-state index in [0.29, 0.717) is 25.9 Å². The van der Waals surface area contributed by atoms with Gasteiger partial charge < -0.3 is 19.1 Å². The van der Waals surface area contributed by atoms with Crippen molar-refractivity contribution in [1.29, 1.82) is 0 Å². The van der Waals surface area contributed by atoms with Crippen molar-refractivity contribution in [3.05, 3.63) is 59.8 Å². The van der Waals surface area contributed by atoms with Gasteiger partial charge in [-0.25, -0.2) is 0 Å². The van der Waals surface area contributed by atoms with Crippen LogP contribution in [0.4, 0.5) is 13.2 Å². The maximum absolute atomic E-state index is 13.2. The molecule has 0 unspecified atom stereocenters. The van der Waals surface area contributed by atoms with Gasteiger partial charge in [0.25, 0.3) is 5.91 Å². The Morgan fingerprint density at radius 3 is 2.59 bits per heavy atom. The standard InChI is InChI=1S/C24H22F3N3O4/c1-29-21-16-5-3-4-6-19(16)34-23(18(21)14-28-29)9-11-30(12-10-23)22(31)17-8-7-15(13-20(17)32-2)33-24(25,26)27/h3-8,13-14H,9-12H2,1-2H3. The molecule has 0 atom stereocenters. The number of nitrogens with zero attached hydrogens (tertiary/aromatic N) is 3. The largest absolute Gasteiger partial charge is 0.573 e. The van der Waals surface area contributed by atoms with Crippen LogP contribution in [-0.4, -0.2) is 47.1 Å². The van der Waals surface area contributed by atoms with Crippen LogP contribution in [-0.2, 0) is 12.6 Å². The van der Waals surface area contributed by atoms with Crippen molar-refractivity contribution in [3.63, 3.8) is 0 Å². The Labute approximate surface area is 193 Å². The molecule has 0 radical (unpaired) electrons. The molecular weight excluding hydrogens is 451 g/mol. The van der Waals surface area contributed by atoms with Crippen molar-refractivity contribution in [3.8, 4) is 28.5 Å². The molecule has 0 aliphatic carbocycles. The summed E-state index contributed by atoms with van der Waals surface area (Å²) in [6, 6.07) is 11.3. The predicted octanol–water partition coefficient (Wildman–Crippen LogP) is 4.52. The lowest BCUT2D eigenvalue weighted by Crippen LogP contribution is -2.49. The van der Waals surface area contributed by atoms with Crippen LogP contribution in [0.1, 0.15) is 28.8 Å². The molecule has 7 nitrogen and oxygen atoms in total. The zero-order valence-corrected chi connectivity index (χ0v) is 18.6. The number of likely N-dealkylation sites (tertiary alicyclic amines) is 1. The summed E-state index contributed by atoms with van der Waals surface area (Å²) in [4.78, 5) is 14.9. The molecule has 178 valence electrons. The third-order valence-corrected chi connectivity index (χ3v) is 6.37. The maximum Gasteiger partial charge on any atom is 0.573 e. The second-order valence-electron chi connectivity index (χ2n) is 8.33. The predicted molar refractivity (Wildman–Crippen MR) is 116 cm³/mol. The number of carbonyl (C=O) groups is 1. The van der Waals surface area contributed by atoms with Gasteiger partial charge in [0.1, 0.15) is 22.8 Å². The number of carbonyl (C=O) groups excluding carboxylic acids is 1. The molecule has 1 amide bonds. The van der Waals surface area contributed by atoms with Crippen LogP contribution in [0.25, 0.3) is 11.3 Å². The fraction of sp³-hybridized carbons (Fsp3) is 0.333. The number of aromatic nitrogens is 2. The van der Waals surface area contributed by atoms with E-state index in [1.165, 1.54) is 13.2 Å². The normalized spacial score (nSPS) is 16.4. The van der Waals surface area contributed by atoms with E-state index < -0.39 is 17.7 Å². The van der Waals surface area contributed by atoms with Crippen molar-refractivity contribution in [2.75, 3.05) is 20.2 Å². The van der Waals surface area contributed by atoms with Gasteiger partial charge >= 0.3 is 6.36 Å². The number of hydrogen-bond donors (Lipinski definition) is 0. The highest BCUT2D eigenvalue weighted by Gasteiger charge is 2.46. The number of hydrogen-bond acceptors (Lipinski definition) is 5. The first-order valence-electron chi connectivity index (χ1n) is 10.7. The number of methoxy groups -OCH3 is 1. The SMILES string of the molecule is COc1cc(OC(F)(F)F)ccc1C(=O)N1CCC2(CC1)Oc1ccccc1-c1c2cnn1C. The molecule has 2 aliphatic rings. The van der Waals surface area contributed by atoms with Gasteiger partial charge in [-0.3, -0.25) is 9.48 Å². The average molecular weight is 473 g/mol. The second-order valence-corrected chi connectivity index (χ2v) is 8.33. The fourth-order valence-corrected chi connectivity index (χ4v) is 4.77. The van der Waals surface area contributed by atoms with E-state index >= 15 is 0 Å². The maximum atomic E-state index is 13.2. The number of alkyl halides is 3. The molecule has 10 heteroatoms. The summed E-state index contributed by atoms with van der Waals surface area (Å²) >= 11 is 0. The molecule has 1 saturated heterocycles. The van der Waals surface area contributed by atoms with E-state index in [4.69, 9.17) is 9.47 Å². The lowest BCUT2D eigenvalue weighted by Gasteiger charge is -2.44. The lowest BCUT2D eigenvalue weighted by atomic mass is 9.81. The molecule has 3 heterocycles. The van der Waals surface area contributed by atoms with Gasteiger partial charge in [0.05, 0.1) is 24.6 Å². The van der Waals surface area contributed by atoms with Gasteiger partial charge in [0.2, 0.25) is 0 Å². The number of rotatable bonds is 3. The number of ether oxygens (including phenoxy) is 3. The molecule has 2 aromatic carbocycles. The van der Waals surface area contributed by atoms with Crippen LogP contribution in [0.15, 0.2) is 48.7 Å². The summed E-state index contributed by atoms with van der Waals surface area (Å²) in [5, 5.41) is 4.45. The number of benzene rings is 2. The van der Waals surface area contributed by atoms with Gasteiger partial charge in [-0.1, -0.05) is 12.1 Å². The Kier molecular flexibility index (Phi) is 5.18. The average Bonchev–Trinajstić information content (AvgIpc) is 3.21. The molecule has 1 spiro atoms. The second kappa shape index (κ2) is 7.96. The van der Waals surface area contributed by atoms with Crippen LogP contribution in [0.3, 0.4) is 0 Å². The van der Waals surface area contributed by atoms with Crippen molar-refractivity contribution in [1.82, 2.24) is 14.7 Å². The van der Waals surface area contributed by atoms with E-state index in [0.717, 1.165) is 34.7 Å². The van der Waals surface area contributed by atoms with E-state index in [2.05, 4.69) is 9.84 Å². The molecule has 1 aromatic heterocycles. The highest BCUT2D eigenvalue weighted by molar-refractivity contribution is 5.97. The summed E-state index contributed by atoms with van der Waals surface area (Å²) in [7, 11) is 3.19. The first kappa shape index (κ1) is 22.1. The van der Waals surface area contributed by atoms with E-state index in [-0.39, 0.29) is 17.2 Å². The van der Waals surface area contributed by atoms with Crippen LogP contribution in [0.5, 0.6) is 17.2 Å². The molecule has 0 N–H and O–H groups in total. The Morgan fingerprint density at radius 1 is 1.15 bits per heavy atom. The highest BCUT2D eigenvalue weighted by atomic mass is 19.4. The summed E-state index contributed by atoms with van der Waals surface area (Å²) in [6.45, 7) is 0.804. The minimum absolute atomic E-state index is 0.0180. The molecule has 0 bridgehead atoms. The number of amides is 1. The number of halogens is 3. The van der Waals surface area contributed by atoms with Crippen molar-refractivity contribution < 1.29 is 32.2 Å². The zero-order chi connectivity index (χ0) is 24.1. The van der Waals surface area contributed by atoms with Gasteiger partial charge in [0, 0.05) is 50.2 Å². The molecule has 0 saturated carbocycles. The third-order valence-electron chi connectivity index (χ3n) is 6.37. The summed E-state index contributed by atoms with van der Waals surface area (Å²) < 4.78 is 55.1. The number of aryl methyl sites for hydroxylation is 1. The van der Waals surface area contributed by atoms with Crippen LogP contribution >= 0.6 is 0 Å². The van der Waals surface area contributed by atoms with E-state index in [9.17, 15) is 18.0 Å². The van der Waals surface area contributed by atoms with Gasteiger partial charge in [-0.05, 0) is 24.3 Å². The zero-order valence-electron chi connectivity index (χ0n) is 18.6. The highest BCUT2D eigenvalue weighted by Crippen LogP contribution is 2.49. The smallest absolute Gasteiger partial charge is 0.496 e. The van der Waals surface area contributed by atoms with Crippen LogP contribution < -0.4 is 14.2 Å². The fourth-order valence-electron chi connectivity index (χ4n) is 4.77. The Hall–Kier alpha value is -3.69. The third kappa shape index (κ3) is 3.72. The molecule has 1 fully saturated rings. The number of piperidine rings is 1. The number of fused-ring (bicyclic) bond motifs is 4. The van der Waals surface area contributed by atoms with Crippen molar-refractivity contribution in [2.45, 2.75) is 24.8 Å². The molecular formula is C24H22F3N3O4. The Bertz CT molecular complexity index is 1250. The topological polar surface area (TPSA) is 65.8 Å². The first-order chi connectivity index (χ1) is 16.2. The van der Waals surface area contributed by atoms with E-state index in [1.807, 2.05) is 42.2 Å².